The molecule has 2 aromatic carbocycles. The Morgan fingerprint density at radius 1 is 1.05 bits per heavy atom. The fourth-order valence-electron chi connectivity index (χ4n) is 1.81. The van der Waals surface area contributed by atoms with Gasteiger partial charge >= 0.3 is 0 Å². The Bertz CT molecular complexity index is 754. The molecule has 2 rings (SSSR count). The lowest BCUT2D eigenvalue weighted by atomic mass is 10.2. The van der Waals surface area contributed by atoms with Crippen LogP contribution in [-0.4, -0.2) is 20.3 Å². The van der Waals surface area contributed by atoms with E-state index in [2.05, 4.69) is 9.71 Å². The third-order valence-corrected chi connectivity index (χ3v) is 4.40. The number of halogens is 1. The van der Waals surface area contributed by atoms with Crippen molar-refractivity contribution in [2.24, 2.45) is 4.99 Å². The van der Waals surface area contributed by atoms with Crippen molar-refractivity contribution >= 4 is 27.5 Å². The zero-order chi connectivity index (χ0) is 16.2. The van der Waals surface area contributed by atoms with Crippen LogP contribution in [0.3, 0.4) is 0 Å². The monoisotopic (exact) mass is 336 g/mol. The minimum atomic E-state index is -3.71. The lowest BCUT2D eigenvalue weighted by Gasteiger charge is -2.12. The van der Waals surface area contributed by atoms with Gasteiger partial charge in [-0.15, -0.1) is 0 Å². The minimum Gasteiger partial charge on any atom is -0.265 e. The maximum atomic E-state index is 12.5. The van der Waals surface area contributed by atoms with Gasteiger partial charge in [-0.25, -0.2) is 8.42 Å². The summed E-state index contributed by atoms with van der Waals surface area (Å²) >= 11 is 5.79. The Morgan fingerprint density at radius 2 is 1.64 bits per heavy atom. The summed E-state index contributed by atoms with van der Waals surface area (Å²) in [6, 6.07) is 15.1. The van der Waals surface area contributed by atoms with Crippen LogP contribution in [0.15, 0.2) is 64.5 Å². The van der Waals surface area contributed by atoms with Crippen molar-refractivity contribution in [1.82, 2.24) is 4.72 Å². The summed E-state index contributed by atoms with van der Waals surface area (Å²) in [6.45, 7) is 3.78. The van der Waals surface area contributed by atoms with E-state index in [0.717, 1.165) is 0 Å². The van der Waals surface area contributed by atoms with E-state index in [4.69, 9.17) is 11.6 Å². The van der Waals surface area contributed by atoms with Crippen molar-refractivity contribution < 1.29 is 8.42 Å². The number of aliphatic imine (C=N–C) groups is 1. The van der Waals surface area contributed by atoms with Crippen LogP contribution in [0.2, 0.25) is 5.02 Å². The van der Waals surface area contributed by atoms with Crippen molar-refractivity contribution in [2.45, 2.75) is 24.8 Å². The number of hydrogen-bond donors (Lipinski definition) is 1. The molecule has 6 heteroatoms. The van der Waals surface area contributed by atoms with Gasteiger partial charge in [-0.3, -0.25) is 9.71 Å². The predicted octanol–water partition coefficient (Wildman–Crippen LogP) is 3.47. The summed E-state index contributed by atoms with van der Waals surface area (Å²) in [7, 11) is -3.71. The molecule has 0 radical (unpaired) electrons. The fourth-order valence-corrected chi connectivity index (χ4v) is 2.98. The van der Waals surface area contributed by atoms with Crippen LogP contribution < -0.4 is 4.72 Å². The highest BCUT2D eigenvalue weighted by molar-refractivity contribution is 7.90. The summed E-state index contributed by atoms with van der Waals surface area (Å²) in [6.07, 6.45) is 0. The molecular weight excluding hydrogens is 320 g/mol. The first kappa shape index (κ1) is 16.5. The van der Waals surface area contributed by atoms with Gasteiger partial charge in [-0.05, 0) is 38.1 Å². The fraction of sp³-hybridized carbons (Fsp3) is 0.188. The second-order valence-electron chi connectivity index (χ2n) is 5.00. The Kier molecular flexibility index (Phi) is 5.21. The smallest absolute Gasteiger partial charge is 0.263 e. The molecule has 0 heterocycles. The van der Waals surface area contributed by atoms with E-state index < -0.39 is 10.0 Å². The van der Waals surface area contributed by atoms with E-state index in [-0.39, 0.29) is 10.9 Å². The van der Waals surface area contributed by atoms with Crippen molar-refractivity contribution in [3.8, 4) is 0 Å². The molecular formula is C16H17ClN2O2S. The zero-order valence-electron chi connectivity index (χ0n) is 12.3. The maximum absolute atomic E-state index is 12.5. The first-order valence-corrected chi connectivity index (χ1v) is 8.66. The molecule has 0 aromatic heterocycles. The number of nitrogens with one attached hydrogen (secondary N) is 1. The van der Waals surface area contributed by atoms with Crippen LogP contribution >= 0.6 is 11.6 Å². The average molecular weight is 337 g/mol. The molecule has 0 amide bonds. The third kappa shape index (κ3) is 4.32. The van der Waals surface area contributed by atoms with Gasteiger partial charge in [0.25, 0.3) is 10.0 Å². The van der Waals surface area contributed by atoms with Gasteiger partial charge in [0.1, 0.15) is 5.84 Å². The third-order valence-electron chi connectivity index (χ3n) is 2.79. The van der Waals surface area contributed by atoms with Gasteiger partial charge in [0.15, 0.2) is 0 Å². The summed E-state index contributed by atoms with van der Waals surface area (Å²) < 4.78 is 27.5. The van der Waals surface area contributed by atoms with Crippen LogP contribution in [0.1, 0.15) is 19.4 Å². The summed E-state index contributed by atoms with van der Waals surface area (Å²) in [4.78, 5) is 4.52. The lowest BCUT2D eigenvalue weighted by Crippen LogP contribution is -2.32. The molecule has 0 saturated heterocycles. The minimum absolute atomic E-state index is 0.0388. The van der Waals surface area contributed by atoms with Gasteiger partial charge in [0.2, 0.25) is 0 Å². The summed E-state index contributed by atoms with van der Waals surface area (Å²) in [5.41, 5.74) is 0.716. The molecule has 4 nitrogen and oxygen atoms in total. The first-order chi connectivity index (χ1) is 10.4. The summed E-state index contributed by atoms with van der Waals surface area (Å²) in [5, 5.41) is 0.484. The second kappa shape index (κ2) is 6.94. The number of sulfonamides is 1. The molecule has 22 heavy (non-hydrogen) atoms. The lowest BCUT2D eigenvalue weighted by molar-refractivity contribution is 0.592. The van der Waals surface area contributed by atoms with Gasteiger partial charge in [0.05, 0.1) is 4.90 Å². The normalized spacial score (nSPS) is 12.5. The Hall–Kier alpha value is -1.85. The quantitative estimate of drug-likeness (QED) is 0.686. The topological polar surface area (TPSA) is 58.5 Å². The highest BCUT2D eigenvalue weighted by Gasteiger charge is 2.17. The molecule has 0 aliphatic carbocycles. The van der Waals surface area contributed by atoms with Crippen LogP contribution in [0.4, 0.5) is 0 Å². The number of nitrogens with zero attached hydrogens (tertiary/aromatic N) is 1. The first-order valence-electron chi connectivity index (χ1n) is 6.80. The van der Waals surface area contributed by atoms with E-state index in [9.17, 15) is 8.42 Å². The molecule has 0 unspecified atom stereocenters. The molecule has 0 aliphatic rings. The number of amidine groups is 1. The van der Waals surface area contributed by atoms with Gasteiger partial charge in [-0.1, -0.05) is 41.9 Å². The predicted molar refractivity (Wildman–Crippen MR) is 89.9 cm³/mol. The van der Waals surface area contributed by atoms with Crippen molar-refractivity contribution in [3.63, 3.8) is 0 Å². The number of benzene rings is 2. The molecule has 0 bridgehead atoms. The van der Waals surface area contributed by atoms with Gasteiger partial charge in [0, 0.05) is 16.6 Å². The van der Waals surface area contributed by atoms with E-state index in [0.29, 0.717) is 16.4 Å². The highest BCUT2D eigenvalue weighted by atomic mass is 35.5. The van der Waals surface area contributed by atoms with Gasteiger partial charge < -0.3 is 0 Å². The average Bonchev–Trinajstić information content (AvgIpc) is 2.47. The van der Waals surface area contributed by atoms with Gasteiger partial charge in [-0.2, -0.15) is 0 Å². The van der Waals surface area contributed by atoms with Crippen LogP contribution in [0, 0.1) is 0 Å². The standard InChI is InChI=1S/C16H17ClN2O2S/c1-12(2)18-16(13-6-4-3-5-7-13)19-22(20,21)15-10-8-14(17)9-11-15/h3-12H,1-2H3,(H,18,19). The molecule has 2 aromatic rings. The molecule has 0 spiro atoms. The molecule has 0 saturated carbocycles. The van der Waals surface area contributed by atoms with E-state index in [1.165, 1.54) is 24.3 Å². The van der Waals surface area contributed by atoms with Crippen molar-refractivity contribution in [3.05, 3.63) is 65.2 Å². The Labute approximate surface area is 135 Å². The highest BCUT2D eigenvalue weighted by Crippen LogP contribution is 2.14. The molecule has 0 aliphatic heterocycles. The molecule has 0 atom stereocenters. The van der Waals surface area contributed by atoms with E-state index in [1.54, 1.807) is 0 Å². The largest absolute Gasteiger partial charge is 0.265 e. The number of hydrogen-bond acceptors (Lipinski definition) is 3. The molecule has 1 N–H and O–H groups in total. The van der Waals surface area contributed by atoms with Crippen LogP contribution in [-0.2, 0) is 10.0 Å². The van der Waals surface area contributed by atoms with E-state index >= 15 is 0 Å². The van der Waals surface area contributed by atoms with Crippen molar-refractivity contribution in [1.29, 1.82) is 0 Å². The second-order valence-corrected chi connectivity index (χ2v) is 7.12. The molecule has 0 fully saturated rings. The summed E-state index contributed by atoms with van der Waals surface area (Å²) in [5.74, 6) is 0.325. The Balaban J connectivity index is 2.37. The zero-order valence-corrected chi connectivity index (χ0v) is 13.9. The Morgan fingerprint density at radius 3 is 2.18 bits per heavy atom. The SMILES string of the molecule is CC(C)N=C(NS(=O)(=O)c1ccc(Cl)cc1)c1ccccc1. The van der Waals surface area contributed by atoms with Crippen molar-refractivity contribution in [2.75, 3.05) is 0 Å². The number of rotatable bonds is 4. The van der Waals surface area contributed by atoms with E-state index in [1.807, 2.05) is 44.2 Å². The maximum Gasteiger partial charge on any atom is 0.263 e. The van der Waals surface area contributed by atoms with Crippen LogP contribution in [0.25, 0.3) is 0 Å². The molecule has 116 valence electrons. The van der Waals surface area contributed by atoms with Crippen LogP contribution in [0.5, 0.6) is 0 Å².